The lowest BCUT2D eigenvalue weighted by atomic mass is 10.2. The molecule has 0 amide bonds. The van der Waals surface area contributed by atoms with E-state index in [9.17, 15) is 8.78 Å². The molecule has 0 aliphatic carbocycles. The molecule has 1 N–H and O–H groups in total. The standard InChI is InChI=1S/C16H17F2NO2/c1-19-9-11-6-7-15(20-2)16(8-11)21-10-12-13(17)4-3-5-14(12)18/h3-8,19H,9-10H2,1-2H3. The molecule has 5 heteroatoms. The first-order chi connectivity index (χ1) is 10.2. The van der Waals surface area contributed by atoms with Crippen molar-refractivity contribution in [2.24, 2.45) is 0 Å². The van der Waals surface area contributed by atoms with Crippen molar-refractivity contribution in [3.63, 3.8) is 0 Å². The third-order valence-electron chi connectivity index (χ3n) is 3.04. The molecule has 2 rings (SSSR count). The van der Waals surface area contributed by atoms with Crippen molar-refractivity contribution in [3.05, 3.63) is 59.2 Å². The van der Waals surface area contributed by atoms with Gasteiger partial charge in [-0.3, -0.25) is 0 Å². The van der Waals surface area contributed by atoms with Crippen molar-refractivity contribution >= 4 is 0 Å². The van der Waals surface area contributed by atoms with Gasteiger partial charge in [0.2, 0.25) is 0 Å². The summed E-state index contributed by atoms with van der Waals surface area (Å²) in [5, 5.41) is 3.02. The van der Waals surface area contributed by atoms with E-state index in [-0.39, 0.29) is 12.2 Å². The van der Waals surface area contributed by atoms with Crippen molar-refractivity contribution < 1.29 is 18.3 Å². The second-order valence-electron chi connectivity index (χ2n) is 4.50. The summed E-state index contributed by atoms with van der Waals surface area (Å²) in [4.78, 5) is 0. The molecule has 0 saturated carbocycles. The molecular weight excluding hydrogens is 276 g/mol. The number of hydrogen-bond acceptors (Lipinski definition) is 3. The van der Waals surface area contributed by atoms with E-state index in [2.05, 4.69) is 5.32 Å². The van der Waals surface area contributed by atoms with Crippen molar-refractivity contribution in [2.75, 3.05) is 14.2 Å². The number of benzene rings is 2. The summed E-state index contributed by atoms with van der Waals surface area (Å²) in [6.45, 7) is 0.465. The lowest BCUT2D eigenvalue weighted by Gasteiger charge is -2.13. The van der Waals surface area contributed by atoms with Gasteiger partial charge in [0.05, 0.1) is 12.7 Å². The van der Waals surface area contributed by atoms with Gasteiger partial charge in [-0.15, -0.1) is 0 Å². The normalized spacial score (nSPS) is 10.5. The zero-order chi connectivity index (χ0) is 15.2. The molecule has 112 valence electrons. The Hall–Kier alpha value is -2.14. The average molecular weight is 293 g/mol. The van der Waals surface area contributed by atoms with Crippen LogP contribution in [0.15, 0.2) is 36.4 Å². The highest BCUT2D eigenvalue weighted by molar-refractivity contribution is 5.43. The Morgan fingerprint density at radius 1 is 1.05 bits per heavy atom. The Balaban J connectivity index is 2.20. The summed E-state index contributed by atoms with van der Waals surface area (Å²) in [6, 6.07) is 9.18. The molecule has 0 fully saturated rings. The highest BCUT2D eigenvalue weighted by Crippen LogP contribution is 2.29. The van der Waals surface area contributed by atoms with Crippen LogP contribution in [-0.4, -0.2) is 14.2 Å². The van der Waals surface area contributed by atoms with E-state index in [0.717, 1.165) is 5.56 Å². The van der Waals surface area contributed by atoms with E-state index in [1.807, 2.05) is 13.1 Å². The number of ether oxygens (including phenoxy) is 2. The van der Waals surface area contributed by atoms with Gasteiger partial charge in [-0.25, -0.2) is 8.78 Å². The Morgan fingerprint density at radius 3 is 2.38 bits per heavy atom. The molecule has 0 aromatic heterocycles. The summed E-state index contributed by atoms with van der Waals surface area (Å²) in [7, 11) is 3.35. The summed E-state index contributed by atoms with van der Waals surface area (Å²) in [6.07, 6.45) is 0. The van der Waals surface area contributed by atoms with E-state index in [4.69, 9.17) is 9.47 Å². The highest BCUT2D eigenvalue weighted by atomic mass is 19.1. The van der Waals surface area contributed by atoms with E-state index in [0.29, 0.717) is 18.0 Å². The third kappa shape index (κ3) is 3.70. The van der Waals surface area contributed by atoms with Crippen LogP contribution < -0.4 is 14.8 Å². The van der Waals surface area contributed by atoms with Crippen LogP contribution in [0.1, 0.15) is 11.1 Å². The highest BCUT2D eigenvalue weighted by Gasteiger charge is 2.11. The molecule has 0 aliphatic heterocycles. The fraction of sp³-hybridized carbons (Fsp3) is 0.250. The number of rotatable bonds is 6. The Kier molecular flexibility index (Phi) is 5.11. The van der Waals surface area contributed by atoms with Gasteiger partial charge in [-0.05, 0) is 36.9 Å². The fourth-order valence-corrected chi connectivity index (χ4v) is 1.97. The second-order valence-corrected chi connectivity index (χ2v) is 4.50. The number of hydrogen-bond donors (Lipinski definition) is 1. The van der Waals surface area contributed by atoms with Gasteiger partial charge in [-0.1, -0.05) is 12.1 Å². The maximum absolute atomic E-state index is 13.6. The van der Waals surface area contributed by atoms with E-state index >= 15 is 0 Å². The minimum atomic E-state index is -0.625. The summed E-state index contributed by atoms with van der Waals surface area (Å²) in [5.41, 5.74) is 0.890. The van der Waals surface area contributed by atoms with E-state index in [1.54, 1.807) is 12.1 Å². The predicted molar refractivity (Wildman–Crippen MR) is 76.4 cm³/mol. The molecule has 2 aromatic carbocycles. The Labute approximate surface area is 122 Å². The smallest absolute Gasteiger partial charge is 0.161 e. The molecule has 0 aliphatic rings. The van der Waals surface area contributed by atoms with Crippen LogP contribution in [0.2, 0.25) is 0 Å². The van der Waals surface area contributed by atoms with Crippen LogP contribution in [0.3, 0.4) is 0 Å². The molecule has 3 nitrogen and oxygen atoms in total. The monoisotopic (exact) mass is 293 g/mol. The zero-order valence-electron chi connectivity index (χ0n) is 12.0. The molecule has 0 spiro atoms. The molecule has 2 aromatic rings. The minimum Gasteiger partial charge on any atom is -0.493 e. The summed E-state index contributed by atoms with van der Waals surface area (Å²) >= 11 is 0. The molecule has 0 atom stereocenters. The molecule has 0 heterocycles. The molecule has 21 heavy (non-hydrogen) atoms. The van der Waals surface area contributed by atoms with Crippen LogP contribution >= 0.6 is 0 Å². The van der Waals surface area contributed by atoms with Gasteiger partial charge >= 0.3 is 0 Å². The topological polar surface area (TPSA) is 30.5 Å². The maximum Gasteiger partial charge on any atom is 0.161 e. The summed E-state index contributed by atoms with van der Waals surface area (Å²) in [5.74, 6) is -0.278. The van der Waals surface area contributed by atoms with Crippen LogP contribution in [0.5, 0.6) is 11.5 Å². The van der Waals surface area contributed by atoms with Gasteiger partial charge in [0.1, 0.15) is 18.2 Å². The second kappa shape index (κ2) is 7.04. The third-order valence-corrected chi connectivity index (χ3v) is 3.04. The first kappa shape index (κ1) is 15.3. The maximum atomic E-state index is 13.6. The van der Waals surface area contributed by atoms with Crippen LogP contribution in [0.4, 0.5) is 8.78 Å². The van der Waals surface area contributed by atoms with Crippen LogP contribution in [0, 0.1) is 11.6 Å². The SMILES string of the molecule is CNCc1ccc(OC)c(OCc2c(F)cccc2F)c1. The average Bonchev–Trinajstić information content (AvgIpc) is 2.47. The van der Waals surface area contributed by atoms with Crippen molar-refractivity contribution in [3.8, 4) is 11.5 Å². The Bertz CT molecular complexity index is 597. The largest absolute Gasteiger partial charge is 0.493 e. The molecule has 0 radical (unpaired) electrons. The van der Waals surface area contributed by atoms with Crippen molar-refractivity contribution in [1.29, 1.82) is 0 Å². The van der Waals surface area contributed by atoms with E-state index < -0.39 is 11.6 Å². The lowest BCUT2D eigenvalue weighted by molar-refractivity contribution is 0.274. The molecule has 0 bridgehead atoms. The van der Waals surface area contributed by atoms with Crippen molar-refractivity contribution in [2.45, 2.75) is 13.2 Å². The molecule has 0 unspecified atom stereocenters. The quantitative estimate of drug-likeness (QED) is 0.886. The van der Waals surface area contributed by atoms with Crippen LogP contribution in [0.25, 0.3) is 0 Å². The van der Waals surface area contributed by atoms with Gasteiger partial charge in [0, 0.05) is 6.54 Å². The van der Waals surface area contributed by atoms with Crippen molar-refractivity contribution in [1.82, 2.24) is 5.32 Å². The lowest BCUT2D eigenvalue weighted by Crippen LogP contribution is -2.06. The van der Waals surface area contributed by atoms with E-state index in [1.165, 1.54) is 25.3 Å². The van der Waals surface area contributed by atoms with Gasteiger partial charge in [0.15, 0.2) is 11.5 Å². The number of nitrogens with one attached hydrogen (secondary N) is 1. The van der Waals surface area contributed by atoms with Gasteiger partial charge < -0.3 is 14.8 Å². The molecule has 0 saturated heterocycles. The van der Waals surface area contributed by atoms with Gasteiger partial charge in [-0.2, -0.15) is 0 Å². The zero-order valence-corrected chi connectivity index (χ0v) is 12.0. The fourth-order valence-electron chi connectivity index (χ4n) is 1.97. The van der Waals surface area contributed by atoms with Crippen LogP contribution in [-0.2, 0) is 13.2 Å². The number of halogens is 2. The first-order valence-electron chi connectivity index (χ1n) is 6.53. The first-order valence-corrected chi connectivity index (χ1v) is 6.53. The predicted octanol–water partition coefficient (Wildman–Crippen LogP) is 3.27. The molecular formula is C16H17F2NO2. The minimum absolute atomic E-state index is 0.0985. The number of methoxy groups -OCH3 is 1. The Morgan fingerprint density at radius 2 is 1.76 bits per heavy atom. The van der Waals surface area contributed by atoms with Gasteiger partial charge in [0.25, 0.3) is 0 Å². The summed E-state index contributed by atoms with van der Waals surface area (Å²) < 4.78 is 37.9.